The molecule has 4 rings (SSSR count). The first-order chi connectivity index (χ1) is 17.8. The number of β-amino-alcohol motifs (C(OH)–C–C–N with tert-alkyl or cyclic N) is 2. The monoisotopic (exact) mass is 551 g/mol. The van der Waals surface area contributed by atoms with Gasteiger partial charge in [0.2, 0.25) is 0 Å². The Morgan fingerprint density at radius 2 is 1.97 bits per heavy atom. The smallest absolute Gasteiger partial charge is 0.257 e. The number of rotatable bonds is 10. The molecule has 2 saturated heterocycles. The van der Waals surface area contributed by atoms with E-state index in [1.807, 2.05) is 6.07 Å². The molecular weight excluding hydrogens is 525 g/mol. The zero-order valence-corrected chi connectivity index (χ0v) is 21.4. The quantitative estimate of drug-likeness (QED) is 0.458. The lowest BCUT2D eigenvalue weighted by molar-refractivity contribution is -0.131. The van der Waals surface area contributed by atoms with Crippen LogP contribution >= 0.6 is 23.2 Å². The van der Waals surface area contributed by atoms with Gasteiger partial charge in [-0.3, -0.25) is 9.63 Å². The molecule has 0 unspecified atom stereocenters. The van der Waals surface area contributed by atoms with Gasteiger partial charge in [-0.25, -0.2) is 0 Å². The molecule has 0 radical (unpaired) electrons. The van der Waals surface area contributed by atoms with Crippen molar-refractivity contribution in [1.82, 2.24) is 9.96 Å². The normalized spacial score (nSPS) is 20.5. The summed E-state index contributed by atoms with van der Waals surface area (Å²) in [6, 6.07) is 11.7. The van der Waals surface area contributed by atoms with E-state index >= 15 is 0 Å². The van der Waals surface area contributed by atoms with Crippen molar-refractivity contribution in [3.05, 3.63) is 52.0 Å². The Morgan fingerprint density at radius 1 is 1.19 bits per heavy atom. The first kappa shape index (κ1) is 27.3. The number of ether oxygens (including phenoxy) is 3. The van der Waals surface area contributed by atoms with Crippen LogP contribution in [0.5, 0.6) is 17.2 Å². The zero-order chi connectivity index (χ0) is 26.4. The topological polar surface area (TPSA) is 125 Å². The van der Waals surface area contributed by atoms with Crippen LogP contribution < -0.4 is 14.2 Å². The average molecular weight is 552 g/mol. The predicted molar refractivity (Wildman–Crippen MR) is 134 cm³/mol. The van der Waals surface area contributed by atoms with Crippen molar-refractivity contribution >= 4 is 29.1 Å². The minimum Gasteiger partial charge on any atom is -0.490 e. The van der Waals surface area contributed by atoms with Gasteiger partial charge in [0.1, 0.15) is 48.7 Å². The second-order valence-electron chi connectivity index (χ2n) is 8.72. The van der Waals surface area contributed by atoms with Gasteiger partial charge in [-0.2, -0.15) is 10.3 Å². The minimum absolute atomic E-state index is 0.142. The molecule has 198 valence electrons. The van der Waals surface area contributed by atoms with Crippen molar-refractivity contribution in [1.29, 1.82) is 5.26 Å². The Balaban J connectivity index is 1.36. The number of carbonyl (C=O) groups excluding carboxylic acids is 1. The van der Waals surface area contributed by atoms with Crippen LogP contribution in [0.15, 0.2) is 36.4 Å². The molecule has 2 fully saturated rings. The fraction of sp³-hybridized carbons (Fsp3) is 0.440. The second-order valence-corrected chi connectivity index (χ2v) is 9.56. The summed E-state index contributed by atoms with van der Waals surface area (Å²) >= 11 is 12.2. The van der Waals surface area contributed by atoms with Gasteiger partial charge in [0.25, 0.3) is 5.91 Å². The highest BCUT2D eigenvalue weighted by Gasteiger charge is 2.30. The Hall–Kier alpha value is -2.78. The first-order valence-corrected chi connectivity index (χ1v) is 12.5. The lowest BCUT2D eigenvalue weighted by atomic mass is 10.1. The lowest BCUT2D eigenvalue weighted by Gasteiger charge is -2.22. The van der Waals surface area contributed by atoms with E-state index in [-0.39, 0.29) is 60.4 Å². The molecule has 3 atom stereocenters. The largest absolute Gasteiger partial charge is 0.490 e. The second kappa shape index (κ2) is 12.6. The van der Waals surface area contributed by atoms with E-state index < -0.39 is 12.2 Å². The molecule has 0 saturated carbocycles. The summed E-state index contributed by atoms with van der Waals surface area (Å²) in [4.78, 5) is 20.2. The van der Waals surface area contributed by atoms with E-state index in [0.29, 0.717) is 36.9 Å². The Bertz CT molecular complexity index is 1130. The minimum atomic E-state index is -0.954. The van der Waals surface area contributed by atoms with Crippen LogP contribution in [0.3, 0.4) is 0 Å². The first-order valence-electron chi connectivity index (χ1n) is 11.7. The van der Waals surface area contributed by atoms with Crippen molar-refractivity contribution in [3.63, 3.8) is 0 Å². The number of hydroxylamine groups is 2. The maximum absolute atomic E-state index is 13.1. The Morgan fingerprint density at radius 3 is 2.68 bits per heavy atom. The molecule has 2 heterocycles. The molecule has 2 N–H and O–H groups in total. The maximum atomic E-state index is 13.1. The number of nitrogens with zero attached hydrogens (tertiary/aromatic N) is 3. The number of benzene rings is 2. The van der Waals surface area contributed by atoms with Gasteiger partial charge in [0.05, 0.1) is 29.8 Å². The highest BCUT2D eigenvalue weighted by Crippen LogP contribution is 2.34. The number of likely N-dealkylation sites (tertiary alicyclic amines) is 1. The Labute approximate surface area is 224 Å². The summed E-state index contributed by atoms with van der Waals surface area (Å²) in [5.41, 5.74) is 0.171. The molecule has 2 aromatic carbocycles. The molecule has 37 heavy (non-hydrogen) atoms. The van der Waals surface area contributed by atoms with Gasteiger partial charge >= 0.3 is 0 Å². The van der Waals surface area contributed by atoms with Crippen molar-refractivity contribution in [2.24, 2.45) is 0 Å². The molecule has 1 amide bonds. The van der Waals surface area contributed by atoms with Crippen molar-refractivity contribution in [2.45, 2.75) is 24.7 Å². The van der Waals surface area contributed by atoms with Gasteiger partial charge in [-0.1, -0.05) is 23.2 Å². The SMILES string of the molecule is N#CCOc1cc(OC[C@H](O)CN2C[C@@H](Oc3ccc(Cl)cc3)CO2)c(C(=O)N2CC[C@H](O)C2)cc1Cl. The summed E-state index contributed by atoms with van der Waals surface area (Å²) < 4.78 is 17.0. The highest BCUT2D eigenvalue weighted by atomic mass is 35.5. The number of amides is 1. The molecule has 12 heteroatoms. The van der Waals surface area contributed by atoms with E-state index in [1.54, 1.807) is 29.3 Å². The summed E-state index contributed by atoms with van der Waals surface area (Å²) in [6.07, 6.45) is -1.27. The van der Waals surface area contributed by atoms with Crippen LogP contribution in [0.4, 0.5) is 0 Å². The van der Waals surface area contributed by atoms with Gasteiger partial charge in [-0.15, -0.1) is 0 Å². The van der Waals surface area contributed by atoms with Crippen molar-refractivity contribution in [3.8, 4) is 23.3 Å². The molecule has 2 aromatic rings. The maximum Gasteiger partial charge on any atom is 0.257 e. The summed E-state index contributed by atoms with van der Waals surface area (Å²) in [5, 5.41) is 31.6. The van der Waals surface area contributed by atoms with E-state index in [2.05, 4.69) is 0 Å². The van der Waals surface area contributed by atoms with Crippen LogP contribution in [0.2, 0.25) is 10.0 Å². The molecule has 0 bridgehead atoms. The van der Waals surface area contributed by atoms with E-state index in [4.69, 9.17) is 47.5 Å². The molecule has 2 aliphatic rings. The number of hydrogen-bond donors (Lipinski definition) is 2. The predicted octanol–water partition coefficient (Wildman–Crippen LogP) is 2.54. The van der Waals surface area contributed by atoms with Crippen LogP contribution in [-0.4, -0.2) is 90.4 Å². The van der Waals surface area contributed by atoms with Crippen molar-refractivity contribution in [2.75, 3.05) is 46.0 Å². The van der Waals surface area contributed by atoms with Crippen LogP contribution in [-0.2, 0) is 4.84 Å². The number of hydrogen-bond acceptors (Lipinski definition) is 9. The number of carbonyl (C=O) groups is 1. The molecule has 0 spiro atoms. The van der Waals surface area contributed by atoms with Gasteiger partial charge in [0.15, 0.2) is 6.61 Å². The van der Waals surface area contributed by atoms with Crippen LogP contribution in [0, 0.1) is 11.3 Å². The van der Waals surface area contributed by atoms with E-state index in [0.717, 1.165) is 0 Å². The number of aliphatic hydroxyl groups is 2. The third-order valence-electron chi connectivity index (χ3n) is 5.82. The van der Waals surface area contributed by atoms with Crippen LogP contribution in [0.25, 0.3) is 0 Å². The molecule has 10 nitrogen and oxygen atoms in total. The molecule has 0 aromatic heterocycles. The van der Waals surface area contributed by atoms with Crippen LogP contribution in [0.1, 0.15) is 16.8 Å². The third-order valence-corrected chi connectivity index (χ3v) is 6.37. The fourth-order valence-electron chi connectivity index (χ4n) is 4.04. The molecule has 2 aliphatic heterocycles. The zero-order valence-electron chi connectivity index (χ0n) is 19.9. The van der Waals surface area contributed by atoms with Gasteiger partial charge < -0.3 is 29.3 Å². The lowest BCUT2D eigenvalue weighted by Crippen LogP contribution is -2.35. The highest BCUT2D eigenvalue weighted by molar-refractivity contribution is 6.32. The average Bonchev–Trinajstić information content (AvgIpc) is 3.51. The van der Waals surface area contributed by atoms with E-state index in [1.165, 1.54) is 17.0 Å². The fourth-order valence-corrected chi connectivity index (χ4v) is 4.38. The summed E-state index contributed by atoms with van der Waals surface area (Å²) in [7, 11) is 0. The number of halogens is 2. The number of nitriles is 1. The molecule has 0 aliphatic carbocycles. The van der Waals surface area contributed by atoms with Gasteiger partial charge in [-0.05, 0) is 36.8 Å². The van der Waals surface area contributed by atoms with Crippen molar-refractivity contribution < 1.29 is 34.1 Å². The van der Waals surface area contributed by atoms with E-state index in [9.17, 15) is 15.0 Å². The Kier molecular flexibility index (Phi) is 9.32. The molecular formula is C25H27Cl2N3O7. The number of aliphatic hydroxyl groups excluding tert-OH is 2. The summed E-state index contributed by atoms with van der Waals surface area (Å²) in [5.74, 6) is 0.633. The standard InChI is InChI=1S/C25H27Cl2N3O7/c26-16-1-3-19(4-2-16)37-20-13-30(36-15-20)12-18(32)14-35-23-10-24(34-8-6-28)22(27)9-21(23)25(33)29-7-5-17(31)11-29/h1-4,9-10,17-18,20,31-32H,5,7-8,11-15H2/t17-,18+,20+/m0/s1. The third kappa shape index (κ3) is 7.38. The van der Waals surface area contributed by atoms with Gasteiger partial charge in [0, 0.05) is 24.2 Å². The summed E-state index contributed by atoms with van der Waals surface area (Å²) in [6.45, 7) is 1.13.